The van der Waals surface area contributed by atoms with Crippen LogP contribution in [-0.4, -0.2) is 67.2 Å². The predicted molar refractivity (Wildman–Crippen MR) is 98.6 cm³/mol. The first kappa shape index (κ1) is 20.1. The van der Waals surface area contributed by atoms with Crippen molar-refractivity contribution < 1.29 is 19.1 Å². The van der Waals surface area contributed by atoms with Gasteiger partial charge in [0.2, 0.25) is 5.91 Å². The number of halogens is 1. The molecule has 0 aliphatic carbocycles. The van der Waals surface area contributed by atoms with Crippen LogP contribution in [0.5, 0.6) is 0 Å². The van der Waals surface area contributed by atoms with Gasteiger partial charge in [-0.2, -0.15) is 0 Å². The maximum absolute atomic E-state index is 14.0. The van der Waals surface area contributed by atoms with E-state index in [0.717, 1.165) is 12.8 Å². The Kier molecular flexibility index (Phi) is 6.55. The lowest BCUT2D eigenvalue weighted by Gasteiger charge is -2.43. The molecule has 1 heterocycles. The number of aliphatic hydroxyl groups excluding tert-OH is 1. The van der Waals surface area contributed by atoms with Gasteiger partial charge in [0.15, 0.2) is 0 Å². The van der Waals surface area contributed by atoms with Crippen molar-refractivity contribution in [2.75, 3.05) is 51.0 Å². The summed E-state index contributed by atoms with van der Waals surface area (Å²) in [7, 11) is 3.86. The van der Waals surface area contributed by atoms with Crippen LogP contribution in [0.1, 0.15) is 19.8 Å². The highest BCUT2D eigenvalue weighted by Gasteiger charge is 2.37. The summed E-state index contributed by atoms with van der Waals surface area (Å²) in [5.41, 5.74) is 0.0366. The van der Waals surface area contributed by atoms with Crippen LogP contribution in [0.3, 0.4) is 0 Å². The third-order valence-corrected chi connectivity index (χ3v) is 4.46. The summed E-state index contributed by atoms with van der Waals surface area (Å²) in [4.78, 5) is 27.4. The van der Waals surface area contributed by atoms with Crippen LogP contribution in [-0.2, 0) is 4.79 Å². The number of piperidine rings is 1. The van der Waals surface area contributed by atoms with Crippen molar-refractivity contribution >= 4 is 23.3 Å². The Labute approximate surface area is 153 Å². The molecule has 0 aromatic heterocycles. The molecule has 144 valence electrons. The molecule has 1 fully saturated rings. The maximum Gasteiger partial charge on any atom is 0.321 e. The largest absolute Gasteiger partial charge is 0.396 e. The average molecular weight is 366 g/mol. The van der Waals surface area contributed by atoms with Crippen molar-refractivity contribution in [2.45, 2.75) is 19.8 Å². The van der Waals surface area contributed by atoms with Crippen molar-refractivity contribution in [3.8, 4) is 0 Å². The molecule has 1 aliphatic rings. The van der Waals surface area contributed by atoms with Gasteiger partial charge in [-0.05, 0) is 45.1 Å². The Morgan fingerprint density at radius 3 is 2.69 bits per heavy atom. The summed E-state index contributed by atoms with van der Waals surface area (Å²) in [6, 6.07) is 3.60. The van der Waals surface area contributed by atoms with E-state index in [1.54, 1.807) is 4.90 Å². The van der Waals surface area contributed by atoms with E-state index in [1.807, 2.05) is 19.0 Å². The Morgan fingerprint density at radius 2 is 2.08 bits per heavy atom. The number of hydrogen-bond acceptors (Lipinski definition) is 4. The quantitative estimate of drug-likeness (QED) is 0.744. The number of nitrogens with zero attached hydrogens (tertiary/aromatic N) is 2. The molecule has 1 atom stereocenters. The van der Waals surface area contributed by atoms with Crippen LogP contribution in [0.25, 0.3) is 0 Å². The van der Waals surface area contributed by atoms with Gasteiger partial charge in [0, 0.05) is 37.7 Å². The number of hydrogen-bond donors (Lipinski definition) is 3. The van der Waals surface area contributed by atoms with Gasteiger partial charge in [-0.25, -0.2) is 9.18 Å². The van der Waals surface area contributed by atoms with Crippen LogP contribution in [0.2, 0.25) is 0 Å². The predicted octanol–water partition coefficient (Wildman–Crippen LogP) is 1.95. The van der Waals surface area contributed by atoms with E-state index in [0.29, 0.717) is 25.3 Å². The van der Waals surface area contributed by atoms with E-state index in [4.69, 9.17) is 0 Å². The second-order valence-corrected chi connectivity index (χ2v) is 7.23. The van der Waals surface area contributed by atoms with Gasteiger partial charge in [0.25, 0.3) is 0 Å². The molecule has 0 unspecified atom stereocenters. The zero-order valence-electron chi connectivity index (χ0n) is 15.5. The van der Waals surface area contributed by atoms with Crippen LogP contribution >= 0.6 is 0 Å². The number of rotatable bonds is 5. The number of carbonyl (C=O) groups excluding carboxylic acids is 2. The third kappa shape index (κ3) is 5.15. The minimum atomic E-state index is -0.578. The number of amides is 3. The molecule has 2 rings (SSSR count). The first-order chi connectivity index (χ1) is 12.2. The van der Waals surface area contributed by atoms with E-state index >= 15 is 0 Å². The number of urea groups is 1. The van der Waals surface area contributed by atoms with E-state index in [1.165, 1.54) is 25.1 Å². The fourth-order valence-corrected chi connectivity index (χ4v) is 3.46. The summed E-state index contributed by atoms with van der Waals surface area (Å²) in [5, 5.41) is 15.0. The number of likely N-dealkylation sites (tertiary alicyclic amines) is 1. The lowest BCUT2D eigenvalue weighted by atomic mass is 9.80. The van der Waals surface area contributed by atoms with Gasteiger partial charge >= 0.3 is 6.03 Å². The van der Waals surface area contributed by atoms with E-state index in [2.05, 4.69) is 10.6 Å². The van der Waals surface area contributed by atoms with Crippen molar-refractivity contribution in [1.29, 1.82) is 0 Å². The van der Waals surface area contributed by atoms with Gasteiger partial charge < -0.3 is 25.5 Å². The smallest absolute Gasteiger partial charge is 0.321 e. The zero-order valence-corrected chi connectivity index (χ0v) is 15.5. The average Bonchev–Trinajstić information content (AvgIpc) is 2.57. The number of benzene rings is 1. The summed E-state index contributed by atoms with van der Waals surface area (Å²) in [6.07, 6.45) is 1.61. The lowest BCUT2D eigenvalue weighted by molar-refractivity contribution is -0.114. The minimum Gasteiger partial charge on any atom is -0.396 e. The van der Waals surface area contributed by atoms with Gasteiger partial charge in [0.1, 0.15) is 5.82 Å². The SMILES string of the molecule is CC(=O)Nc1ccc(F)c(NC(=O)N2CCC[C@@](CO)(CN(C)C)C2)c1. The van der Waals surface area contributed by atoms with Crippen molar-refractivity contribution in [1.82, 2.24) is 9.80 Å². The number of carbonyl (C=O) groups is 2. The third-order valence-electron chi connectivity index (χ3n) is 4.46. The molecule has 0 spiro atoms. The number of nitrogens with one attached hydrogen (secondary N) is 2. The van der Waals surface area contributed by atoms with E-state index < -0.39 is 11.8 Å². The lowest BCUT2D eigenvalue weighted by Crippen LogP contribution is -2.52. The normalized spacial score (nSPS) is 20.2. The molecule has 7 nitrogen and oxygen atoms in total. The molecule has 0 radical (unpaired) electrons. The molecule has 26 heavy (non-hydrogen) atoms. The highest BCUT2D eigenvalue weighted by Crippen LogP contribution is 2.31. The highest BCUT2D eigenvalue weighted by atomic mass is 19.1. The Bertz CT molecular complexity index is 668. The van der Waals surface area contributed by atoms with Gasteiger partial charge in [-0.3, -0.25) is 4.79 Å². The van der Waals surface area contributed by atoms with E-state index in [9.17, 15) is 19.1 Å². The van der Waals surface area contributed by atoms with Crippen molar-refractivity contribution in [3.63, 3.8) is 0 Å². The standard InChI is InChI=1S/C18H27FN4O3/c1-13(25)20-14-5-6-15(19)16(9-14)21-17(26)23-8-4-7-18(11-23,12-24)10-22(2)3/h5-6,9,24H,4,7-8,10-12H2,1-3H3,(H,20,25)(H,21,26)/t18-/m1/s1. The molecular formula is C18H27FN4O3. The minimum absolute atomic E-state index is 0.00836. The van der Waals surface area contributed by atoms with Crippen LogP contribution in [0, 0.1) is 11.2 Å². The van der Waals surface area contributed by atoms with Crippen LogP contribution < -0.4 is 10.6 Å². The number of anilines is 2. The summed E-state index contributed by atoms with van der Waals surface area (Å²) in [5.74, 6) is -0.854. The molecule has 1 aromatic carbocycles. The van der Waals surface area contributed by atoms with Gasteiger partial charge in [-0.15, -0.1) is 0 Å². The second kappa shape index (κ2) is 8.46. The van der Waals surface area contributed by atoms with Crippen molar-refractivity contribution in [2.24, 2.45) is 5.41 Å². The topological polar surface area (TPSA) is 84.9 Å². The highest BCUT2D eigenvalue weighted by molar-refractivity contribution is 5.92. The molecule has 0 bridgehead atoms. The van der Waals surface area contributed by atoms with Crippen LogP contribution in [0.4, 0.5) is 20.6 Å². The zero-order chi connectivity index (χ0) is 19.3. The first-order valence-electron chi connectivity index (χ1n) is 8.63. The fourth-order valence-electron chi connectivity index (χ4n) is 3.46. The van der Waals surface area contributed by atoms with Crippen molar-refractivity contribution in [3.05, 3.63) is 24.0 Å². The number of aliphatic hydroxyl groups is 1. The summed E-state index contributed by atoms with van der Waals surface area (Å²) >= 11 is 0. The first-order valence-corrected chi connectivity index (χ1v) is 8.63. The second-order valence-electron chi connectivity index (χ2n) is 7.23. The monoisotopic (exact) mass is 366 g/mol. The molecule has 3 N–H and O–H groups in total. The maximum atomic E-state index is 14.0. The molecule has 1 saturated heterocycles. The van der Waals surface area contributed by atoms with Crippen LogP contribution in [0.15, 0.2) is 18.2 Å². The molecule has 8 heteroatoms. The van der Waals surface area contributed by atoms with Gasteiger partial charge in [-0.1, -0.05) is 0 Å². The van der Waals surface area contributed by atoms with E-state index in [-0.39, 0.29) is 23.6 Å². The molecule has 3 amide bonds. The molecule has 1 aromatic rings. The molecular weight excluding hydrogens is 339 g/mol. The Hall–Kier alpha value is -2.19. The fraction of sp³-hybridized carbons (Fsp3) is 0.556. The summed E-state index contributed by atoms with van der Waals surface area (Å²) in [6.45, 7) is 2.96. The summed E-state index contributed by atoms with van der Waals surface area (Å²) < 4.78 is 14.0. The molecule has 0 saturated carbocycles. The molecule has 1 aliphatic heterocycles. The Balaban J connectivity index is 2.10. The van der Waals surface area contributed by atoms with Gasteiger partial charge in [0.05, 0.1) is 12.3 Å². The Morgan fingerprint density at radius 1 is 1.35 bits per heavy atom.